The van der Waals surface area contributed by atoms with Gasteiger partial charge in [-0.1, -0.05) is 13.8 Å². The molecule has 2 atom stereocenters. The van der Waals surface area contributed by atoms with Crippen LogP contribution >= 0.6 is 0 Å². The van der Waals surface area contributed by atoms with Gasteiger partial charge in [0.1, 0.15) is 0 Å². The predicted octanol–water partition coefficient (Wildman–Crippen LogP) is 0.913. The Kier molecular flexibility index (Phi) is 5.92. The summed E-state index contributed by atoms with van der Waals surface area (Å²) in [6.07, 6.45) is 3.48. The number of carbonyl (C=O) groups is 1. The van der Waals surface area contributed by atoms with Gasteiger partial charge in [-0.2, -0.15) is 0 Å². The van der Waals surface area contributed by atoms with Crippen molar-refractivity contribution in [3.8, 4) is 0 Å². The van der Waals surface area contributed by atoms with Crippen LogP contribution < -0.4 is 11.5 Å². The Labute approximate surface area is 115 Å². The minimum absolute atomic E-state index is 0.0297. The van der Waals surface area contributed by atoms with Gasteiger partial charge in [0.2, 0.25) is 5.91 Å². The summed E-state index contributed by atoms with van der Waals surface area (Å²) >= 11 is 0. The third-order valence-corrected chi connectivity index (χ3v) is 2.90. The number of pyridine rings is 1. The molecule has 1 amide bonds. The van der Waals surface area contributed by atoms with Gasteiger partial charge in [-0.05, 0) is 30.5 Å². The molecule has 0 radical (unpaired) electrons. The van der Waals surface area contributed by atoms with Crippen LogP contribution in [0.4, 0.5) is 0 Å². The van der Waals surface area contributed by atoms with Crippen LogP contribution in [0.3, 0.4) is 0 Å². The fraction of sp³-hybridized carbons (Fsp3) is 0.571. The number of carbonyl (C=O) groups excluding carboxylic acids is 1. The Morgan fingerprint density at radius 1 is 1.32 bits per heavy atom. The van der Waals surface area contributed by atoms with E-state index in [0.29, 0.717) is 5.92 Å². The number of nitrogens with zero attached hydrogens (tertiary/aromatic N) is 2. The molecule has 1 aromatic rings. The van der Waals surface area contributed by atoms with E-state index in [4.69, 9.17) is 11.5 Å². The number of nitrogens with two attached hydrogens (primary N) is 2. The topological polar surface area (TPSA) is 85.2 Å². The molecule has 19 heavy (non-hydrogen) atoms. The second kappa shape index (κ2) is 7.21. The van der Waals surface area contributed by atoms with E-state index in [2.05, 4.69) is 18.8 Å². The van der Waals surface area contributed by atoms with Crippen molar-refractivity contribution in [1.29, 1.82) is 0 Å². The van der Waals surface area contributed by atoms with Crippen molar-refractivity contribution in [2.75, 3.05) is 13.1 Å². The largest absolute Gasteiger partial charge is 0.369 e. The summed E-state index contributed by atoms with van der Waals surface area (Å²) in [7, 11) is 0. The van der Waals surface area contributed by atoms with Gasteiger partial charge in [0.15, 0.2) is 0 Å². The summed E-state index contributed by atoms with van der Waals surface area (Å²) in [6.45, 7) is 7.15. The van der Waals surface area contributed by atoms with Gasteiger partial charge in [0.25, 0.3) is 0 Å². The van der Waals surface area contributed by atoms with Crippen LogP contribution in [-0.4, -0.2) is 34.9 Å². The molecule has 1 aromatic heterocycles. The lowest BCUT2D eigenvalue weighted by Crippen LogP contribution is -2.45. The van der Waals surface area contributed by atoms with Crippen LogP contribution in [0.5, 0.6) is 0 Å². The Hall–Kier alpha value is -1.46. The first-order chi connectivity index (χ1) is 8.91. The van der Waals surface area contributed by atoms with Gasteiger partial charge >= 0.3 is 0 Å². The summed E-state index contributed by atoms with van der Waals surface area (Å²) in [4.78, 5) is 17.3. The molecule has 0 aromatic carbocycles. The van der Waals surface area contributed by atoms with Crippen molar-refractivity contribution >= 4 is 5.91 Å². The lowest BCUT2D eigenvalue weighted by atomic mass is 9.99. The summed E-state index contributed by atoms with van der Waals surface area (Å²) < 4.78 is 0. The third kappa shape index (κ3) is 4.96. The van der Waals surface area contributed by atoms with E-state index >= 15 is 0 Å². The second-order valence-corrected chi connectivity index (χ2v) is 5.37. The Morgan fingerprint density at radius 2 is 1.89 bits per heavy atom. The van der Waals surface area contributed by atoms with Gasteiger partial charge in [0, 0.05) is 25.0 Å². The highest BCUT2D eigenvalue weighted by Crippen LogP contribution is 2.23. The fourth-order valence-electron chi connectivity index (χ4n) is 2.35. The molecule has 1 heterocycles. The van der Waals surface area contributed by atoms with E-state index in [-0.39, 0.29) is 24.5 Å². The number of amides is 1. The van der Waals surface area contributed by atoms with Crippen molar-refractivity contribution in [2.24, 2.45) is 17.4 Å². The normalized spacial score (nSPS) is 14.6. The van der Waals surface area contributed by atoms with E-state index < -0.39 is 0 Å². The molecule has 0 aliphatic rings. The molecule has 4 N–H and O–H groups in total. The lowest BCUT2D eigenvalue weighted by Gasteiger charge is -2.34. The summed E-state index contributed by atoms with van der Waals surface area (Å²) in [5.41, 5.74) is 12.5. The highest BCUT2D eigenvalue weighted by Gasteiger charge is 2.25. The minimum Gasteiger partial charge on any atom is -0.369 e. The maximum atomic E-state index is 11.3. The number of primary amides is 1. The van der Waals surface area contributed by atoms with Crippen molar-refractivity contribution in [3.05, 3.63) is 30.1 Å². The molecule has 0 aliphatic carbocycles. The van der Waals surface area contributed by atoms with Crippen LogP contribution in [0.25, 0.3) is 0 Å². The van der Waals surface area contributed by atoms with Crippen LogP contribution in [0.2, 0.25) is 0 Å². The Balaban J connectivity index is 3.01. The molecule has 1 rings (SSSR count). The van der Waals surface area contributed by atoms with Crippen molar-refractivity contribution in [1.82, 2.24) is 9.88 Å². The molecule has 0 fully saturated rings. The van der Waals surface area contributed by atoms with Crippen molar-refractivity contribution in [3.63, 3.8) is 0 Å². The first kappa shape index (κ1) is 15.6. The highest BCUT2D eigenvalue weighted by atomic mass is 16.1. The third-order valence-electron chi connectivity index (χ3n) is 2.90. The molecule has 0 saturated heterocycles. The van der Waals surface area contributed by atoms with Gasteiger partial charge in [0.05, 0.1) is 12.6 Å². The second-order valence-electron chi connectivity index (χ2n) is 5.37. The quantitative estimate of drug-likeness (QED) is 0.766. The van der Waals surface area contributed by atoms with Crippen molar-refractivity contribution in [2.45, 2.75) is 32.9 Å². The van der Waals surface area contributed by atoms with E-state index in [0.717, 1.165) is 12.1 Å². The predicted molar refractivity (Wildman–Crippen MR) is 76.2 cm³/mol. The van der Waals surface area contributed by atoms with Gasteiger partial charge in [-0.25, -0.2) is 0 Å². The Bertz CT molecular complexity index is 392. The van der Waals surface area contributed by atoms with E-state index in [1.54, 1.807) is 12.4 Å². The zero-order valence-corrected chi connectivity index (χ0v) is 11.9. The van der Waals surface area contributed by atoms with E-state index in [1.165, 1.54) is 0 Å². The molecule has 0 saturated carbocycles. The molecule has 2 unspecified atom stereocenters. The highest BCUT2D eigenvalue weighted by molar-refractivity contribution is 5.76. The first-order valence-electron chi connectivity index (χ1n) is 6.59. The van der Waals surface area contributed by atoms with Gasteiger partial charge in [-0.15, -0.1) is 0 Å². The fourth-order valence-corrected chi connectivity index (χ4v) is 2.35. The standard InChI is InChI=1S/C14H24N4O/c1-10(2)8-18(9-13(16)19)14(11(3)15)12-4-6-17-7-5-12/h4-7,10-11,14H,8-9,15H2,1-3H3,(H2,16,19). The van der Waals surface area contributed by atoms with E-state index in [1.807, 2.05) is 24.0 Å². The van der Waals surface area contributed by atoms with Crippen molar-refractivity contribution < 1.29 is 4.79 Å². The number of hydrogen-bond donors (Lipinski definition) is 2. The summed E-state index contributed by atoms with van der Waals surface area (Å²) in [5.74, 6) is 0.0998. The smallest absolute Gasteiger partial charge is 0.231 e. The van der Waals surface area contributed by atoms with E-state index in [9.17, 15) is 4.79 Å². The maximum absolute atomic E-state index is 11.3. The average Bonchev–Trinajstić information content (AvgIpc) is 2.28. The zero-order chi connectivity index (χ0) is 14.4. The van der Waals surface area contributed by atoms with Gasteiger partial charge in [-0.3, -0.25) is 14.7 Å². The molecule has 106 valence electrons. The summed E-state index contributed by atoms with van der Waals surface area (Å²) in [5, 5.41) is 0. The van der Waals surface area contributed by atoms with Gasteiger partial charge < -0.3 is 11.5 Å². The SMILES string of the molecule is CC(C)CN(CC(N)=O)C(c1ccncc1)C(C)N. The summed E-state index contributed by atoms with van der Waals surface area (Å²) in [6, 6.07) is 3.74. The number of aromatic nitrogens is 1. The first-order valence-corrected chi connectivity index (χ1v) is 6.59. The zero-order valence-electron chi connectivity index (χ0n) is 11.9. The molecular formula is C14H24N4O. The molecule has 0 spiro atoms. The molecule has 0 bridgehead atoms. The average molecular weight is 264 g/mol. The molecular weight excluding hydrogens is 240 g/mol. The number of hydrogen-bond acceptors (Lipinski definition) is 4. The van der Waals surface area contributed by atoms with Crippen LogP contribution in [0, 0.1) is 5.92 Å². The molecule has 5 nitrogen and oxygen atoms in total. The van der Waals surface area contributed by atoms with Crippen LogP contribution in [0.15, 0.2) is 24.5 Å². The van der Waals surface area contributed by atoms with Crippen LogP contribution in [-0.2, 0) is 4.79 Å². The molecule has 5 heteroatoms. The number of rotatable bonds is 7. The monoisotopic (exact) mass is 264 g/mol. The minimum atomic E-state index is -0.333. The Morgan fingerprint density at radius 3 is 2.32 bits per heavy atom. The molecule has 0 aliphatic heterocycles. The van der Waals surface area contributed by atoms with Crippen LogP contribution in [0.1, 0.15) is 32.4 Å². The lowest BCUT2D eigenvalue weighted by molar-refractivity contribution is -0.120. The maximum Gasteiger partial charge on any atom is 0.231 e.